The van der Waals surface area contributed by atoms with Crippen molar-refractivity contribution >= 4 is 28.4 Å². The van der Waals surface area contributed by atoms with Gasteiger partial charge in [0.05, 0.1) is 16.7 Å². The number of H-pyrrole nitrogens is 2. The quantitative estimate of drug-likeness (QED) is 0.454. The molecule has 6 heteroatoms. The molecular formula is C22H20N4O2. The van der Waals surface area contributed by atoms with E-state index in [1.54, 1.807) is 6.92 Å². The van der Waals surface area contributed by atoms with E-state index in [4.69, 9.17) is 4.98 Å². The maximum absolute atomic E-state index is 12.3. The number of aromatic amines is 2. The number of Topliss-reactive ketones (excluding diaryl/α,β-unsaturated/α-hetero) is 1. The van der Waals surface area contributed by atoms with Gasteiger partial charge in [-0.2, -0.15) is 0 Å². The molecule has 0 aliphatic carbocycles. The lowest BCUT2D eigenvalue weighted by Crippen LogP contribution is -2.05. The monoisotopic (exact) mass is 372 g/mol. The minimum Gasteiger partial charge on any atom is -0.355 e. The first-order chi connectivity index (χ1) is 13.4. The van der Waals surface area contributed by atoms with Crippen LogP contribution in [0.15, 0.2) is 48.5 Å². The molecule has 4 rings (SSSR count). The molecule has 2 aromatic heterocycles. The third-order valence-corrected chi connectivity index (χ3v) is 4.64. The van der Waals surface area contributed by atoms with E-state index in [0.29, 0.717) is 17.1 Å². The number of anilines is 1. The fourth-order valence-corrected chi connectivity index (χ4v) is 3.55. The highest BCUT2D eigenvalue weighted by molar-refractivity contribution is 6.05. The summed E-state index contributed by atoms with van der Waals surface area (Å²) in [5.74, 6) is 0.517. The van der Waals surface area contributed by atoms with Gasteiger partial charge in [0, 0.05) is 29.4 Å². The summed E-state index contributed by atoms with van der Waals surface area (Å²) in [6.07, 6.45) is 0. The maximum atomic E-state index is 12.3. The molecule has 0 radical (unpaired) electrons. The molecule has 0 spiro atoms. The molecule has 1 amide bonds. The molecule has 0 aliphatic rings. The Kier molecular flexibility index (Phi) is 4.31. The smallest absolute Gasteiger partial charge is 0.221 e. The number of benzene rings is 2. The summed E-state index contributed by atoms with van der Waals surface area (Å²) < 4.78 is 0. The van der Waals surface area contributed by atoms with Crippen LogP contribution in [-0.4, -0.2) is 26.6 Å². The van der Waals surface area contributed by atoms with Gasteiger partial charge in [-0.15, -0.1) is 0 Å². The van der Waals surface area contributed by atoms with Gasteiger partial charge in [-0.3, -0.25) is 9.59 Å². The van der Waals surface area contributed by atoms with E-state index in [2.05, 4.69) is 15.3 Å². The first-order valence-electron chi connectivity index (χ1n) is 9.00. The third-order valence-electron chi connectivity index (χ3n) is 4.64. The lowest BCUT2D eigenvalue weighted by molar-refractivity contribution is -0.114. The van der Waals surface area contributed by atoms with Crippen LogP contribution in [0.3, 0.4) is 0 Å². The van der Waals surface area contributed by atoms with Crippen LogP contribution >= 0.6 is 0 Å². The highest BCUT2D eigenvalue weighted by Crippen LogP contribution is 2.36. The fourth-order valence-electron chi connectivity index (χ4n) is 3.55. The Morgan fingerprint density at radius 2 is 1.75 bits per heavy atom. The van der Waals surface area contributed by atoms with E-state index in [9.17, 15) is 9.59 Å². The fraction of sp³-hybridized carbons (Fsp3) is 0.136. The van der Waals surface area contributed by atoms with Crippen molar-refractivity contribution in [2.45, 2.75) is 20.8 Å². The van der Waals surface area contributed by atoms with Gasteiger partial charge in [0.15, 0.2) is 11.6 Å². The second kappa shape index (κ2) is 6.81. The van der Waals surface area contributed by atoms with Gasteiger partial charge in [0.25, 0.3) is 0 Å². The molecule has 2 aromatic carbocycles. The van der Waals surface area contributed by atoms with Gasteiger partial charge in [-0.05, 0) is 37.6 Å². The van der Waals surface area contributed by atoms with Gasteiger partial charge >= 0.3 is 0 Å². The zero-order chi connectivity index (χ0) is 19.8. The highest BCUT2D eigenvalue weighted by Gasteiger charge is 2.22. The van der Waals surface area contributed by atoms with E-state index in [0.717, 1.165) is 33.5 Å². The Bertz CT molecular complexity index is 1200. The number of imidazole rings is 1. The number of fused-ring (bicyclic) bond motifs is 1. The Balaban J connectivity index is 1.91. The van der Waals surface area contributed by atoms with Crippen molar-refractivity contribution < 1.29 is 9.59 Å². The molecule has 6 nitrogen and oxygen atoms in total. The average Bonchev–Trinajstić information content (AvgIpc) is 3.22. The number of hydrogen-bond acceptors (Lipinski definition) is 3. The summed E-state index contributed by atoms with van der Waals surface area (Å²) in [6.45, 7) is 4.94. The van der Waals surface area contributed by atoms with Crippen LogP contribution in [-0.2, 0) is 4.79 Å². The molecule has 0 aliphatic heterocycles. The first kappa shape index (κ1) is 17.7. The van der Waals surface area contributed by atoms with Crippen LogP contribution in [0, 0.1) is 6.92 Å². The van der Waals surface area contributed by atoms with Crippen LogP contribution in [0.1, 0.15) is 29.9 Å². The van der Waals surface area contributed by atoms with Crippen molar-refractivity contribution in [1.82, 2.24) is 15.0 Å². The molecule has 0 bridgehead atoms. The number of amides is 1. The topological polar surface area (TPSA) is 90.6 Å². The van der Waals surface area contributed by atoms with Crippen molar-refractivity contribution in [3.05, 3.63) is 59.8 Å². The Hall–Kier alpha value is -3.67. The lowest BCUT2D eigenvalue weighted by atomic mass is 9.98. The predicted molar refractivity (Wildman–Crippen MR) is 110 cm³/mol. The number of ketones is 1. The number of nitrogens with zero attached hydrogens (tertiary/aromatic N) is 1. The molecule has 0 unspecified atom stereocenters. The second-order valence-corrected chi connectivity index (χ2v) is 6.80. The van der Waals surface area contributed by atoms with Crippen molar-refractivity contribution in [1.29, 1.82) is 0 Å². The third kappa shape index (κ3) is 3.09. The summed E-state index contributed by atoms with van der Waals surface area (Å²) in [5.41, 5.74) is 6.31. The predicted octanol–water partition coefficient (Wildman–Crippen LogP) is 4.69. The largest absolute Gasteiger partial charge is 0.355 e. The van der Waals surface area contributed by atoms with Crippen LogP contribution < -0.4 is 5.32 Å². The van der Waals surface area contributed by atoms with Gasteiger partial charge < -0.3 is 15.3 Å². The zero-order valence-corrected chi connectivity index (χ0v) is 15.9. The van der Waals surface area contributed by atoms with Crippen molar-refractivity contribution in [2.75, 3.05) is 5.32 Å². The number of aromatic nitrogens is 3. The number of carbonyl (C=O) groups is 2. The molecule has 0 atom stereocenters. The number of nitrogens with one attached hydrogen (secondary N) is 3. The molecule has 28 heavy (non-hydrogen) atoms. The second-order valence-electron chi connectivity index (χ2n) is 6.80. The summed E-state index contributed by atoms with van der Waals surface area (Å²) in [6, 6.07) is 15.3. The van der Waals surface area contributed by atoms with Crippen LogP contribution in [0.25, 0.3) is 33.7 Å². The molecule has 140 valence electrons. The summed E-state index contributed by atoms with van der Waals surface area (Å²) >= 11 is 0. The molecule has 4 aromatic rings. The highest BCUT2D eigenvalue weighted by atomic mass is 16.1. The average molecular weight is 372 g/mol. The molecule has 0 saturated carbocycles. The summed E-state index contributed by atoms with van der Waals surface area (Å²) in [4.78, 5) is 35.0. The van der Waals surface area contributed by atoms with E-state index in [1.807, 2.05) is 55.5 Å². The lowest BCUT2D eigenvalue weighted by Gasteiger charge is -2.05. The first-order valence-corrected chi connectivity index (χ1v) is 9.00. The van der Waals surface area contributed by atoms with E-state index < -0.39 is 0 Å². The minimum atomic E-state index is -0.128. The molecule has 0 saturated heterocycles. The Morgan fingerprint density at radius 3 is 2.43 bits per heavy atom. The van der Waals surface area contributed by atoms with Crippen molar-refractivity contribution in [3.8, 4) is 22.6 Å². The molecule has 0 fully saturated rings. The Labute approximate surface area is 162 Å². The van der Waals surface area contributed by atoms with Crippen LogP contribution in [0.4, 0.5) is 5.69 Å². The number of carbonyl (C=O) groups excluding carboxylic acids is 2. The number of hydrogen-bond donors (Lipinski definition) is 3. The van der Waals surface area contributed by atoms with E-state index in [-0.39, 0.29) is 11.7 Å². The van der Waals surface area contributed by atoms with Gasteiger partial charge in [0.1, 0.15) is 0 Å². The molecule has 3 N–H and O–H groups in total. The number of aryl methyl sites for hydroxylation is 1. The molecule has 2 heterocycles. The van der Waals surface area contributed by atoms with Crippen molar-refractivity contribution in [3.63, 3.8) is 0 Å². The summed E-state index contributed by atoms with van der Waals surface area (Å²) in [7, 11) is 0. The van der Waals surface area contributed by atoms with Gasteiger partial charge in [-0.1, -0.05) is 30.3 Å². The number of rotatable bonds is 4. The zero-order valence-electron chi connectivity index (χ0n) is 15.9. The van der Waals surface area contributed by atoms with E-state index in [1.165, 1.54) is 6.92 Å². The van der Waals surface area contributed by atoms with Crippen LogP contribution in [0.2, 0.25) is 0 Å². The maximum Gasteiger partial charge on any atom is 0.221 e. The van der Waals surface area contributed by atoms with Crippen LogP contribution in [0.5, 0.6) is 0 Å². The summed E-state index contributed by atoms with van der Waals surface area (Å²) in [5, 5.41) is 2.77. The van der Waals surface area contributed by atoms with Gasteiger partial charge in [-0.25, -0.2) is 4.98 Å². The SMILES string of the molecule is CC(=O)Nc1ccc2nc(-c3[nH]c(C)c(C(C)=O)c3-c3ccccc3)[nH]c2c1. The normalized spacial score (nSPS) is 11.0. The van der Waals surface area contributed by atoms with E-state index >= 15 is 0 Å². The minimum absolute atomic E-state index is 0.00269. The van der Waals surface area contributed by atoms with Gasteiger partial charge in [0.2, 0.25) is 5.91 Å². The molecular weight excluding hydrogens is 352 g/mol. The Morgan fingerprint density at radius 1 is 1.00 bits per heavy atom. The standard InChI is InChI=1S/C22H20N4O2/c1-12-19(13(2)27)20(15-7-5-4-6-8-15)21(23-12)22-25-17-10-9-16(24-14(3)28)11-18(17)26-22/h4-11,23H,1-3H3,(H,24,28)(H,25,26). The van der Waals surface area contributed by atoms with Crippen molar-refractivity contribution in [2.24, 2.45) is 0 Å².